The first-order chi connectivity index (χ1) is 16.0. The molecule has 2 heterocycles. The number of ether oxygens (including phenoxy) is 1. The first-order valence-corrected chi connectivity index (χ1v) is 11.2. The summed E-state index contributed by atoms with van der Waals surface area (Å²) >= 11 is 5.95. The molecular weight excluding hydrogens is 444 g/mol. The lowest BCUT2D eigenvalue weighted by Gasteiger charge is -2.41. The van der Waals surface area contributed by atoms with Crippen LogP contribution in [0, 0.1) is 5.92 Å². The summed E-state index contributed by atoms with van der Waals surface area (Å²) in [6.07, 6.45) is 1.94. The minimum atomic E-state index is -0.389. The predicted octanol–water partition coefficient (Wildman–Crippen LogP) is 4.40. The maximum absolute atomic E-state index is 13.2. The summed E-state index contributed by atoms with van der Waals surface area (Å²) in [5.41, 5.74) is 1.60. The van der Waals surface area contributed by atoms with Gasteiger partial charge >= 0.3 is 6.03 Å². The molecule has 0 spiro atoms. The molecule has 9 heteroatoms. The van der Waals surface area contributed by atoms with E-state index in [1.54, 1.807) is 19.2 Å². The molecule has 2 fully saturated rings. The highest BCUT2D eigenvalue weighted by molar-refractivity contribution is 6.30. The molecule has 33 heavy (non-hydrogen) atoms. The smallest absolute Gasteiger partial charge is 0.324 e. The van der Waals surface area contributed by atoms with E-state index in [1.165, 1.54) is 4.90 Å². The Morgan fingerprint density at radius 2 is 1.94 bits per heavy atom. The quantitative estimate of drug-likeness (QED) is 0.598. The fourth-order valence-corrected chi connectivity index (χ4v) is 4.78. The molecule has 0 radical (unpaired) electrons. The van der Waals surface area contributed by atoms with Crippen LogP contribution in [0.4, 0.5) is 4.79 Å². The third-order valence-electron chi connectivity index (χ3n) is 6.40. The Balaban J connectivity index is 1.28. The van der Waals surface area contributed by atoms with Gasteiger partial charge < -0.3 is 14.6 Å². The Morgan fingerprint density at radius 3 is 2.73 bits per heavy atom. The van der Waals surface area contributed by atoms with Crippen molar-refractivity contribution >= 4 is 23.5 Å². The van der Waals surface area contributed by atoms with Crippen molar-refractivity contribution in [3.05, 3.63) is 65.0 Å². The minimum Gasteiger partial charge on any atom is -0.496 e. The molecule has 3 amide bonds. The van der Waals surface area contributed by atoms with Crippen LogP contribution in [0.15, 0.2) is 53.1 Å². The van der Waals surface area contributed by atoms with E-state index in [-0.39, 0.29) is 36.4 Å². The van der Waals surface area contributed by atoms with Gasteiger partial charge in [-0.2, -0.15) is 4.98 Å². The predicted molar refractivity (Wildman–Crippen MR) is 121 cm³/mol. The zero-order valence-corrected chi connectivity index (χ0v) is 18.8. The second-order valence-electron chi connectivity index (χ2n) is 8.37. The highest BCUT2D eigenvalue weighted by Gasteiger charge is 2.45. The number of halogens is 1. The van der Waals surface area contributed by atoms with E-state index in [9.17, 15) is 9.59 Å². The number of hydrogen-bond donors (Lipinski definition) is 1. The highest BCUT2D eigenvalue weighted by Crippen LogP contribution is 2.39. The van der Waals surface area contributed by atoms with Crippen LogP contribution in [-0.4, -0.2) is 40.1 Å². The maximum Gasteiger partial charge on any atom is 0.324 e. The molecule has 8 nitrogen and oxygen atoms in total. The van der Waals surface area contributed by atoms with Crippen molar-refractivity contribution in [1.82, 2.24) is 20.4 Å². The number of benzene rings is 2. The lowest BCUT2D eigenvalue weighted by atomic mass is 9.76. The third-order valence-corrected chi connectivity index (χ3v) is 6.65. The molecule has 3 unspecified atom stereocenters. The number of amides is 3. The van der Waals surface area contributed by atoms with Crippen LogP contribution in [0.2, 0.25) is 5.02 Å². The van der Waals surface area contributed by atoms with Gasteiger partial charge in [0.1, 0.15) is 5.75 Å². The van der Waals surface area contributed by atoms with Crippen LogP contribution in [0.5, 0.6) is 5.75 Å². The van der Waals surface area contributed by atoms with Gasteiger partial charge in [-0.15, -0.1) is 0 Å². The third kappa shape index (κ3) is 4.18. The lowest BCUT2D eigenvalue weighted by Crippen LogP contribution is -2.60. The van der Waals surface area contributed by atoms with E-state index in [2.05, 4.69) is 15.5 Å². The first kappa shape index (κ1) is 21.5. The first-order valence-electron chi connectivity index (χ1n) is 10.9. The number of methoxy groups -OCH3 is 1. The van der Waals surface area contributed by atoms with Crippen molar-refractivity contribution in [2.75, 3.05) is 7.11 Å². The molecule has 1 aliphatic carbocycles. The van der Waals surface area contributed by atoms with Gasteiger partial charge in [0.15, 0.2) is 0 Å². The number of para-hydroxylation sites is 1. The average molecular weight is 467 g/mol. The zero-order valence-electron chi connectivity index (χ0n) is 18.0. The van der Waals surface area contributed by atoms with Gasteiger partial charge in [-0.05, 0) is 49.6 Å². The molecule has 1 aromatic heterocycles. The molecule has 2 aromatic carbocycles. The largest absolute Gasteiger partial charge is 0.496 e. The summed E-state index contributed by atoms with van der Waals surface area (Å²) in [6.45, 7) is 0.176. The Hall–Kier alpha value is -3.39. The van der Waals surface area contributed by atoms with Crippen molar-refractivity contribution in [3.63, 3.8) is 0 Å². The van der Waals surface area contributed by atoms with E-state index in [0.717, 1.165) is 17.5 Å². The van der Waals surface area contributed by atoms with Crippen LogP contribution in [0.3, 0.4) is 0 Å². The van der Waals surface area contributed by atoms with Crippen molar-refractivity contribution in [1.29, 1.82) is 0 Å². The number of imide groups is 1. The second-order valence-corrected chi connectivity index (χ2v) is 8.81. The number of aromatic nitrogens is 2. The molecule has 1 saturated carbocycles. The second kappa shape index (κ2) is 8.86. The number of nitrogens with one attached hydrogen (secondary N) is 1. The summed E-state index contributed by atoms with van der Waals surface area (Å²) in [7, 11) is 1.57. The summed E-state index contributed by atoms with van der Waals surface area (Å²) in [4.78, 5) is 31.8. The summed E-state index contributed by atoms with van der Waals surface area (Å²) in [5.74, 6) is 1.23. The van der Waals surface area contributed by atoms with Crippen LogP contribution >= 0.6 is 11.6 Å². The zero-order chi connectivity index (χ0) is 22.9. The highest BCUT2D eigenvalue weighted by atomic mass is 35.5. The van der Waals surface area contributed by atoms with Gasteiger partial charge in [0.25, 0.3) is 0 Å². The Morgan fingerprint density at radius 1 is 1.15 bits per heavy atom. The van der Waals surface area contributed by atoms with Crippen molar-refractivity contribution in [2.45, 2.75) is 37.8 Å². The van der Waals surface area contributed by atoms with Crippen LogP contribution in [-0.2, 0) is 11.3 Å². The van der Waals surface area contributed by atoms with Gasteiger partial charge in [0, 0.05) is 28.1 Å². The number of hydrogen-bond acceptors (Lipinski definition) is 6. The SMILES string of the molecule is COc1ccccc1CN1C(=O)NC2CC(c3nc(-c4ccc(Cl)cc4)no3)CCC2C1=O. The summed E-state index contributed by atoms with van der Waals surface area (Å²) in [6, 6.07) is 14.0. The number of carbonyl (C=O) groups is 2. The van der Waals surface area contributed by atoms with Gasteiger partial charge in [-0.3, -0.25) is 9.69 Å². The molecular formula is C24H23ClN4O4. The molecule has 3 aromatic rings. The molecule has 2 aliphatic rings. The fraction of sp³-hybridized carbons (Fsp3) is 0.333. The summed E-state index contributed by atoms with van der Waals surface area (Å²) in [5, 5.41) is 7.76. The molecule has 3 atom stereocenters. The van der Waals surface area contributed by atoms with Crippen molar-refractivity contribution in [3.8, 4) is 17.1 Å². The standard InChI is InChI=1S/C24H23ClN4O4/c1-32-20-5-3-2-4-16(20)13-29-23(30)18-11-8-15(12-19(18)26-24(29)31)22-27-21(28-33-22)14-6-9-17(25)10-7-14/h2-7,9-10,15,18-19H,8,11-13H2,1H3,(H,26,31). The monoisotopic (exact) mass is 466 g/mol. The maximum atomic E-state index is 13.2. The van der Waals surface area contributed by atoms with E-state index in [0.29, 0.717) is 35.3 Å². The topological polar surface area (TPSA) is 97.6 Å². The van der Waals surface area contributed by atoms with E-state index in [4.69, 9.17) is 20.9 Å². The number of rotatable bonds is 5. The van der Waals surface area contributed by atoms with Crippen LogP contribution < -0.4 is 10.1 Å². The lowest BCUT2D eigenvalue weighted by molar-refractivity contribution is -0.137. The van der Waals surface area contributed by atoms with Gasteiger partial charge in [0.2, 0.25) is 17.6 Å². The minimum absolute atomic E-state index is 0.0198. The normalized spacial score (nSPS) is 22.6. The van der Waals surface area contributed by atoms with E-state index >= 15 is 0 Å². The van der Waals surface area contributed by atoms with Gasteiger partial charge in [-0.1, -0.05) is 35.0 Å². The molecule has 0 bridgehead atoms. The molecule has 5 rings (SSSR count). The van der Waals surface area contributed by atoms with E-state index in [1.807, 2.05) is 36.4 Å². The molecule has 1 saturated heterocycles. The molecule has 170 valence electrons. The van der Waals surface area contributed by atoms with Crippen LogP contribution in [0.1, 0.15) is 36.6 Å². The number of urea groups is 1. The molecule has 1 N–H and O–H groups in total. The number of fused-ring (bicyclic) bond motifs is 1. The van der Waals surface area contributed by atoms with Gasteiger partial charge in [0.05, 0.1) is 19.6 Å². The van der Waals surface area contributed by atoms with Crippen LogP contribution in [0.25, 0.3) is 11.4 Å². The van der Waals surface area contributed by atoms with Gasteiger partial charge in [-0.25, -0.2) is 4.79 Å². The average Bonchev–Trinajstić information content (AvgIpc) is 3.32. The van der Waals surface area contributed by atoms with Crippen molar-refractivity contribution in [2.24, 2.45) is 5.92 Å². The Bertz CT molecular complexity index is 1180. The number of nitrogens with zero attached hydrogens (tertiary/aromatic N) is 3. The number of carbonyl (C=O) groups excluding carboxylic acids is 2. The molecule has 1 aliphatic heterocycles. The fourth-order valence-electron chi connectivity index (χ4n) is 4.66. The Kier molecular flexibility index (Phi) is 5.76. The van der Waals surface area contributed by atoms with E-state index < -0.39 is 0 Å². The Labute approximate surface area is 195 Å². The van der Waals surface area contributed by atoms with Crippen molar-refractivity contribution < 1.29 is 18.8 Å². The summed E-state index contributed by atoms with van der Waals surface area (Å²) < 4.78 is 10.9.